The standard InChI is InChI=1S/C15H9FO6/c16-8-9(17)7-10(18)11(19)12(20)13(21)15(7)22-14(8)6-4-2-1-3-5-6/h1-5,18-21H. The Hall–Kier alpha value is -3.22. The Morgan fingerprint density at radius 3 is 2.09 bits per heavy atom. The molecule has 0 spiro atoms. The van der Waals surface area contributed by atoms with E-state index in [-0.39, 0.29) is 5.56 Å². The van der Waals surface area contributed by atoms with Gasteiger partial charge < -0.3 is 24.8 Å². The van der Waals surface area contributed by atoms with E-state index in [2.05, 4.69) is 0 Å². The molecule has 0 atom stereocenters. The molecule has 0 aliphatic heterocycles. The SMILES string of the molecule is O=c1c(F)c(-c2ccccc2)oc2c(O)c(O)c(O)c(O)c12. The van der Waals surface area contributed by atoms with Crippen LogP contribution in [0.2, 0.25) is 0 Å². The number of fused-ring (bicyclic) bond motifs is 1. The van der Waals surface area contributed by atoms with Gasteiger partial charge in [-0.05, 0) is 0 Å². The monoisotopic (exact) mass is 304 g/mol. The molecule has 1 heterocycles. The summed E-state index contributed by atoms with van der Waals surface area (Å²) in [5, 5.41) is 37.6. The first-order chi connectivity index (χ1) is 10.4. The Kier molecular flexibility index (Phi) is 2.91. The van der Waals surface area contributed by atoms with Crippen LogP contribution in [-0.4, -0.2) is 20.4 Å². The van der Waals surface area contributed by atoms with Crippen LogP contribution in [0.1, 0.15) is 0 Å². The van der Waals surface area contributed by atoms with E-state index in [0.29, 0.717) is 0 Å². The first-order valence-electron chi connectivity index (χ1n) is 6.11. The van der Waals surface area contributed by atoms with Crippen LogP contribution in [-0.2, 0) is 0 Å². The van der Waals surface area contributed by atoms with Crippen LogP contribution in [0, 0.1) is 5.82 Å². The summed E-state index contributed by atoms with van der Waals surface area (Å²) in [5.41, 5.74) is -1.67. The Labute approximate surface area is 121 Å². The second kappa shape index (κ2) is 4.66. The molecule has 0 saturated carbocycles. The van der Waals surface area contributed by atoms with Gasteiger partial charge in [-0.25, -0.2) is 0 Å². The summed E-state index contributed by atoms with van der Waals surface area (Å²) in [6.07, 6.45) is 0. The third-order valence-corrected chi connectivity index (χ3v) is 3.22. The van der Waals surface area contributed by atoms with Gasteiger partial charge in [0.05, 0.1) is 0 Å². The molecule has 0 amide bonds. The lowest BCUT2D eigenvalue weighted by Gasteiger charge is -2.10. The molecule has 0 unspecified atom stereocenters. The van der Waals surface area contributed by atoms with Gasteiger partial charge in [0, 0.05) is 5.56 Å². The molecule has 1 aromatic heterocycles. The van der Waals surface area contributed by atoms with Gasteiger partial charge in [-0.2, -0.15) is 4.39 Å². The van der Waals surface area contributed by atoms with Crippen LogP contribution in [0.5, 0.6) is 23.0 Å². The fourth-order valence-corrected chi connectivity index (χ4v) is 2.12. The molecule has 112 valence electrons. The fraction of sp³-hybridized carbons (Fsp3) is 0. The van der Waals surface area contributed by atoms with E-state index < -0.39 is 51.0 Å². The van der Waals surface area contributed by atoms with E-state index in [4.69, 9.17) is 4.42 Å². The Balaban J connectivity index is 2.51. The molecule has 6 nitrogen and oxygen atoms in total. The van der Waals surface area contributed by atoms with Crippen molar-refractivity contribution in [1.29, 1.82) is 0 Å². The van der Waals surface area contributed by atoms with Crippen LogP contribution in [0.15, 0.2) is 39.5 Å². The molecule has 0 aliphatic carbocycles. The van der Waals surface area contributed by atoms with Crippen LogP contribution in [0.4, 0.5) is 4.39 Å². The van der Waals surface area contributed by atoms with E-state index in [9.17, 15) is 29.6 Å². The highest BCUT2D eigenvalue weighted by Crippen LogP contribution is 2.48. The highest BCUT2D eigenvalue weighted by Gasteiger charge is 2.26. The predicted octanol–water partition coefficient (Wildman–Crippen LogP) is 2.42. The van der Waals surface area contributed by atoms with E-state index >= 15 is 0 Å². The normalized spacial score (nSPS) is 11.0. The minimum absolute atomic E-state index is 0.227. The van der Waals surface area contributed by atoms with Gasteiger partial charge >= 0.3 is 0 Å². The summed E-state index contributed by atoms with van der Waals surface area (Å²) in [5.74, 6) is -6.00. The lowest BCUT2D eigenvalue weighted by Crippen LogP contribution is -2.09. The minimum atomic E-state index is -1.29. The van der Waals surface area contributed by atoms with E-state index in [0.717, 1.165) is 0 Å². The van der Waals surface area contributed by atoms with Crippen LogP contribution in [0.3, 0.4) is 0 Å². The molecule has 0 fully saturated rings. The number of hydrogen-bond donors (Lipinski definition) is 4. The average Bonchev–Trinajstić information content (AvgIpc) is 2.54. The zero-order valence-electron chi connectivity index (χ0n) is 10.9. The molecular formula is C15H9FO6. The molecule has 22 heavy (non-hydrogen) atoms. The van der Waals surface area contributed by atoms with Crippen LogP contribution >= 0.6 is 0 Å². The van der Waals surface area contributed by atoms with E-state index in [1.165, 1.54) is 12.1 Å². The van der Waals surface area contributed by atoms with Gasteiger partial charge in [0.25, 0.3) is 0 Å². The lowest BCUT2D eigenvalue weighted by atomic mass is 10.1. The molecular weight excluding hydrogens is 295 g/mol. The quantitative estimate of drug-likeness (QED) is 0.406. The summed E-state index contributed by atoms with van der Waals surface area (Å²) in [4.78, 5) is 12.1. The van der Waals surface area contributed by atoms with Crippen molar-refractivity contribution in [3.05, 3.63) is 46.4 Å². The summed E-state index contributed by atoms with van der Waals surface area (Å²) >= 11 is 0. The number of halogens is 1. The molecule has 0 bridgehead atoms. The molecule has 0 radical (unpaired) electrons. The summed E-state index contributed by atoms with van der Waals surface area (Å²) in [7, 11) is 0. The predicted molar refractivity (Wildman–Crippen MR) is 74.5 cm³/mol. The fourth-order valence-electron chi connectivity index (χ4n) is 2.12. The second-order valence-corrected chi connectivity index (χ2v) is 4.54. The number of phenols is 4. The highest BCUT2D eigenvalue weighted by molar-refractivity contribution is 5.94. The number of phenolic OH excluding ortho intramolecular Hbond substituents is 4. The van der Waals surface area contributed by atoms with Gasteiger partial charge in [0.1, 0.15) is 5.39 Å². The highest BCUT2D eigenvalue weighted by atomic mass is 19.1. The molecule has 3 rings (SSSR count). The molecule has 0 saturated heterocycles. The third-order valence-electron chi connectivity index (χ3n) is 3.22. The van der Waals surface area contributed by atoms with Crippen molar-refractivity contribution < 1.29 is 29.2 Å². The average molecular weight is 304 g/mol. The topological polar surface area (TPSA) is 111 Å². The van der Waals surface area contributed by atoms with Gasteiger partial charge in [0.2, 0.25) is 28.5 Å². The zero-order valence-corrected chi connectivity index (χ0v) is 10.9. The number of rotatable bonds is 1. The second-order valence-electron chi connectivity index (χ2n) is 4.54. The zero-order chi connectivity index (χ0) is 16.0. The first-order valence-corrected chi connectivity index (χ1v) is 6.11. The van der Waals surface area contributed by atoms with Crippen molar-refractivity contribution in [1.82, 2.24) is 0 Å². The van der Waals surface area contributed by atoms with Crippen molar-refractivity contribution >= 4 is 11.0 Å². The number of aromatic hydroxyl groups is 4. The maximum absolute atomic E-state index is 14.2. The summed E-state index contributed by atoms with van der Waals surface area (Å²) < 4.78 is 19.4. The summed E-state index contributed by atoms with van der Waals surface area (Å²) in [6, 6.07) is 7.80. The smallest absolute Gasteiger partial charge is 0.233 e. The first kappa shape index (κ1) is 13.7. The van der Waals surface area contributed by atoms with Crippen LogP contribution in [0.25, 0.3) is 22.3 Å². The number of benzene rings is 2. The van der Waals surface area contributed by atoms with Gasteiger partial charge in [-0.15, -0.1) is 0 Å². The maximum Gasteiger partial charge on any atom is 0.233 e. The van der Waals surface area contributed by atoms with Crippen molar-refractivity contribution in [2.45, 2.75) is 0 Å². The lowest BCUT2D eigenvalue weighted by molar-refractivity contribution is 0.346. The third kappa shape index (κ3) is 1.76. The minimum Gasteiger partial charge on any atom is -0.504 e. The Bertz CT molecular complexity index is 946. The van der Waals surface area contributed by atoms with Gasteiger partial charge in [0.15, 0.2) is 17.1 Å². The van der Waals surface area contributed by atoms with Crippen molar-refractivity contribution in [3.63, 3.8) is 0 Å². The van der Waals surface area contributed by atoms with Crippen molar-refractivity contribution in [2.75, 3.05) is 0 Å². The Morgan fingerprint density at radius 2 is 1.45 bits per heavy atom. The van der Waals surface area contributed by atoms with E-state index in [1.807, 2.05) is 0 Å². The molecule has 2 aromatic carbocycles. The van der Waals surface area contributed by atoms with Crippen molar-refractivity contribution in [2.24, 2.45) is 0 Å². The van der Waals surface area contributed by atoms with Crippen molar-refractivity contribution in [3.8, 4) is 34.3 Å². The van der Waals surface area contributed by atoms with Crippen LogP contribution < -0.4 is 5.43 Å². The maximum atomic E-state index is 14.2. The largest absolute Gasteiger partial charge is 0.504 e. The summed E-state index contributed by atoms with van der Waals surface area (Å²) in [6.45, 7) is 0. The molecule has 0 aliphatic rings. The molecule has 3 aromatic rings. The molecule has 4 N–H and O–H groups in total. The Morgan fingerprint density at radius 1 is 0.864 bits per heavy atom. The van der Waals surface area contributed by atoms with Gasteiger partial charge in [-0.3, -0.25) is 4.79 Å². The molecule has 7 heteroatoms. The van der Waals surface area contributed by atoms with E-state index in [1.54, 1.807) is 18.2 Å². The van der Waals surface area contributed by atoms with Gasteiger partial charge in [-0.1, -0.05) is 30.3 Å². The number of hydrogen-bond acceptors (Lipinski definition) is 6.